The smallest absolute Gasteiger partial charge is 0.345 e. The zero-order valence-electron chi connectivity index (χ0n) is 13.6. The SMILES string of the molecule is CC(C)(C)C#Cc1cc(Nc2s[nH]c(=O)c2C#N)cc(C(F)(F)F)c1. The van der Waals surface area contributed by atoms with Crippen LogP contribution in [0, 0.1) is 28.6 Å². The second-order valence-corrected chi connectivity index (χ2v) is 7.09. The molecule has 0 fully saturated rings. The number of halogens is 3. The molecule has 2 N–H and O–H groups in total. The van der Waals surface area contributed by atoms with Crippen LogP contribution in [-0.2, 0) is 6.18 Å². The van der Waals surface area contributed by atoms with Crippen molar-refractivity contribution >= 4 is 22.2 Å². The molecule has 0 unspecified atom stereocenters. The zero-order valence-corrected chi connectivity index (χ0v) is 14.4. The predicted octanol–water partition coefficient (Wildman–Crippen LogP) is 4.47. The molecule has 0 aliphatic carbocycles. The van der Waals surface area contributed by atoms with Gasteiger partial charge >= 0.3 is 6.18 Å². The molecule has 130 valence electrons. The first kappa shape index (κ1) is 18.6. The van der Waals surface area contributed by atoms with Gasteiger partial charge in [0.15, 0.2) is 5.56 Å². The fourth-order valence-corrected chi connectivity index (χ4v) is 2.52. The number of hydrogen-bond donors (Lipinski definition) is 2. The number of alkyl halides is 3. The molecule has 0 bridgehead atoms. The van der Waals surface area contributed by atoms with Crippen LogP contribution in [0.5, 0.6) is 0 Å². The van der Waals surface area contributed by atoms with E-state index in [0.29, 0.717) is 0 Å². The number of anilines is 2. The van der Waals surface area contributed by atoms with Gasteiger partial charge in [-0.25, -0.2) is 0 Å². The standard InChI is InChI=1S/C17H14F3N3OS/c1-16(2,3)5-4-10-6-11(17(18,19)20)8-12(7-10)22-15-13(9-21)14(24)23-25-15/h6-8,22H,1-3H3,(H,23,24). The molecule has 1 heterocycles. The zero-order chi connectivity index (χ0) is 18.8. The predicted molar refractivity (Wildman–Crippen MR) is 90.7 cm³/mol. The number of nitriles is 1. The van der Waals surface area contributed by atoms with Crippen LogP contribution in [0.1, 0.15) is 37.5 Å². The van der Waals surface area contributed by atoms with Crippen molar-refractivity contribution in [1.82, 2.24) is 4.37 Å². The number of aromatic nitrogens is 1. The van der Waals surface area contributed by atoms with E-state index in [9.17, 15) is 18.0 Å². The van der Waals surface area contributed by atoms with E-state index < -0.39 is 17.3 Å². The minimum absolute atomic E-state index is 0.0970. The molecule has 0 amide bonds. The molecule has 1 aromatic carbocycles. The first-order chi connectivity index (χ1) is 11.5. The van der Waals surface area contributed by atoms with Crippen molar-refractivity contribution in [1.29, 1.82) is 5.26 Å². The van der Waals surface area contributed by atoms with Crippen molar-refractivity contribution in [2.45, 2.75) is 26.9 Å². The maximum Gasteiger partial charge on any atom is 0.416 e. The fourth-order valence-electron chi connectivity index (χ4n) is 1.82. The van der Waals surface area contributed by atoms with Crippen molar-refractivity contribution in [3.8, 4) is 17.9 Å². The van der Waals surface area contributed by atoms with Crippen LogP contribution >= 0.6 is 11.5 Å². The Morgan fingerprint density at radius 3 is 2.44 bits per heavy atom. The molecule has 0 saturated carbocycles. The van der Waals surface area contributed by atoms with Crippen molar-refractivity contribution < 1.29 is 13.2 Å². The molecule has 1 aromatic heterocycles. The maximum absolute atomic E-state index is 13.1. The Morgan fingerprint density at radius 1 is 1.20 bits per heavy atom. The van der Waals surface area contributed by atoms with Crippen molar-refractivity contribution in [2.24, 2.45) is 5.41 Å². The minimum Gasteiger partial charge on any atom is -0.345 e. The van der Waals surface area contributed by atoms with Gasteiger partial charge in [-0.3, -0.25) is 9.17 Å². The molecule has 0 spiro atoms. The van der Waals surface area contributed by atoms with Crippen molar-refractivity contribution in [2.75, 3.05) is 5.32 Å². The number of rotatable bonds is 2. The largest absolute Gasteiger partial charge is 0.416 e. The molecular formula is C17H14F3N3OS. The highest BCUT2D eigenvalue weighted by Gasteiger charge is 2.31. The molecule has 0 saturated heterocycles. The van der Waals surface area contributed by atoms with Gasteiger partial charge in [-0.2, -0.15) is 18.4 Å². The van der Waals surface area contributed by atoms with Crippen molar-refractivity contribution in [3.63, 3.8) is 0 Å². The lowest BCUT2D eigenvalue weighted by Crippen LogP contribution is -2.07. The van der Waals surface area contributed by atoms with Gasteiger partial charge in [-0.15, -0.1) is 0 Å². The molecule has 0 atom stereocenters. The van der Waals surface area contributed by atoms with E-state index in [0.717, 1.165) is 23.7 Å². The number of nitrogens with one attached hydrogen (secondary N) is 2. The van der Waals surface area contributed by atoms with Crippen LogP contribution in [0.15, 0.2) is 23.0 Å². The number of nitrogens with zero attached hydrogens (tertiary/aromatic N) is 1. The van der Waals surface area contributed by atoms with E-state index in [1.54, 1.807) is 6.07 Å². The Hall–Kier alpha value is -2.71. The first-order valence-electron chi connectivity index (χ1n) is 7.13. The summed E-state index contributed by atoms with van der Waals surface area (Å²) in [6.45, 7) is 5.55. The average Bonchev–Trinajstić information content (AvgIpc) is 2.83. The summed E-state index contributed by atoms with van der Waals surface area (Å²) in [4.78, 5) is 11.5. The highest BCUT2D eigenvalue weighted by Crippen LogP contribution is 2.33. The average molecular weight is 365 g/mol. The molecule has 0 aliphatic rings. The van der Waals surface area contributed by atoms with E-state index in [2.05, 4.69) is 21.5 Å². The molecule has 2 aromatic rings. The molecule has 8 heteroatoms. The van der Waals surface area contributed by atoms with Gasteiger partial charge in [0.1, 0.15) is 11.1 Å². The Balaban J connectivity index is 2.51. The van der Waals surface area contributed by atoms with E-state index in [1.807, 2.05) is 20.8 Å². The highest BCUT2D eigenvalue weighted by molar-refractivity contribution is 7.10. The summed E-state index contributed by atoms with van der Waals surface area (Å²) in [5.74, 6) is 5.62. The third-order valence-corrected chi connectivity index (χ3v) is 3.71. The Morgan fingerprint density at radius 2 is 1.88 bits per heavy atom. The number of benzene rings is 1. The monoisotopic (exact) mass is 365 g/mol. The summed E-state index contributed by atoms with van der Waals surface area (Å²) >= 11 is 0.844. The summed E-state index contributed by atoms with van der Waals surface area (Å²) in [6.07, 6.45) is -4.54. The Labute approximate surface area is 146 Å². The molecular weight excluding hydrogens is 351 g/mol. The highest BCUT2D eigenvalue weighted by atomic mass is 32.1. The van der Waals surface area contributed by atoms with Crippen LogP contribution < -0.4 is 10.9 Å². The topological polar surface area (TPSA) is 68.7 Å². The van der Waals surface area contributed by atoms with Gasteiger partial charge in [-0.1, -0.05) is 11.8 Å². The lowest BCUT2D eigenvalue weighted by atomic mass is 9.97. The number of hydrogen-bond acceptors (Lipinski definition) is 4. The minimum atomic E-state index is -4.54. The van der Waals surface area contributed by atoms with Gasteiger partial charge in [0.2, 0.25) is 0 Å². The van der Waals surface area contributed by atoms with Crippen LogP contribution in [0.25, 0.3) is 0 Å². The van der Waals surface area contributed by atoms with Gasteiger partial charge in [0.05, 0.1) is 5.56 Å². The summed E-state index contributed by atoms with van der Waals surface area (Å²) in [5, 5.41) is 11.8. The van der Waals surface area contributed by atoms with Gasteiger partial charge < -0.3 is 5.32 Å². The quantitative estimate of drug-likeness (QED) is 0.772. The summed E-state index contributed by atoms with van der Waals surface area (Å²) in [7, 11) is 0. The van der Waals surface area contributed by atoms with E-state index in [-0.39, 0.29) is 27.2 Å². The van der Waals surface area contributed by atoms with E-state index in [4.69, 9.17) is 5.26 Å². The normalized spacial score (nSPS) is 11.4. The van der Waals surface area contributed by atoms with Gasteiger partial charge in [-0.05, 0) is 50.5 Å². The Bertz CT molecular complexity index is 947. The van der Waals surface area contributed by atoms with Crippen LogP contribution in [0.2, 0.25) is 0 Å². The third-order valence-electron chi connectivity index (χ3n) is 2.91. The molecule has 25 heavy (non-hydrogen) atoms. The second-order valence-electron chi connectivity index (χ2n) is 6.27. The van der Waals surface area contributed by atoms with Gasteiger partial charge in [0, 0.05) is 16.7 Å². The molecule has 4 nitrogen and oxygen atoms in total. The molecule has 2 rings (SSSR count). The summed E-state index contributed by atoms with van der Waals surface area (Å²) in [5.41, 5.74) is -1.71. The van der Waals surface area contributed by atoms with Crippen LogP contribution in [0.3, 0.4) is 0 Å². The van der Waals surface area contributed by atoms with Crippen LogP contribution in [-0.4, -0.2) is 4.37 Å². The first-order valence-corrected chi connectivity index (χ1v) is 7.95. The third kappa shape index (κ3) is 4.88. The summed E-state index contributed by atoms with van der Waals surface area (Å²) in [6, 6.07) is 5.04. The molecule has 0 aliphatic heterocycles. The lowest BCUT2D eigenvalue weighted by molar-refractivity contribution is -0.137. The number of H-pyrrole nitrogens is 1. The van der Waals surface area contributed by atoms with Crippen LogP contribution in [0.4, 0.5) is 23.9 Å². The maximum atomic E-state index is 13.1. The van der Waals surface area contributed by atoms with E-state index >= 15 is 0 Å². The summed E-state index contributed by atoms with van der Waals surface area (Å²) < 4.78 is 41.7. The fraction of sp³-hybridized carbons (Fsp3) is 0.294. The van der Waals surface area contributed by atoms with E-state index in [1.165, 1.54) is 6.07 Å². The van der Waals surface area contributed by atoms with Gasteiger partial charge in [0.25, 0.3) is 5.56 Å². The molecule has 0 radical (unpaired) electrons. The Kier molecular flexibility index (Phi) is 4.96. The lowest BCUT2D eigenvalue weighted by Gasteiger charge is -2.12. The second kappa shape index (κ2) is 6.66. The number of aromatic amines is 1. The van der Waals surface area contributed by atoms with Crippen molar-refractivity contribution in [3.05, 3.63) is 45.2 Å².